The van der Waals surface area contributed by atoms with Crippen LogP contribution in [0.4, 0.5) is 0 Å². The van der Waals surface area contributed by atoms with Gasteiger partial charge in [0.25, 0.3) is 0 Å². The van der Waals surface area contributed by atoms with Crippen LogP contribution in [0.25, 0.3) is 64.6 Å². The summed E-state index contributed by atoms with van der Waals surface area (Å²) in [5, 5.41) is 65.7. The highest BCUT2D eigenvalue weighted by molar-refractivity contribution is 6.01. The lowest BCUT2D eigenvalue weighted by Crippen LogP contribution is -2.08. The molecule has 138 heavy (non-hydrogen) atoms. The molecule has 0 fully saturated rings. The Labute approximate surface area is 818 Å². The van der Waals surface area contributed by atoms with Crippen LogP contribution in [-0.2, 0) is 28.4 Å². The number of fused-ring (bicyclic) bond motifs is 12. The summed E-state index contributed by atoms with van der Waals surface area (Å²) >= 11 is 0. The Bertz CT molecular complexity index is 5700. The zero-order valence-corrected chi connectivity index (χ0v) is 80.2. The van der Waals surface area contributed by atoms with E-state index >= 15 is 0 Å². The van der Waals surface area contributed by atoms with Gasteiger partial charge in [0.15, 0.2) is 0 Å². The molecule has 0 unspecified atom stereocenters. The lowest BCUT2D eigenvalue weighted by atomic mass is 10.0. The number of nitriles is 6. The Hall–Kier alpha value is -16.2. The predicted molar refractivity (Wildman–Crippen MR) is 526 cm³/mol. The van der Waals surface area contributed by atoms with E-state index in [0.29, 0.717) is 38.5 Å². The maximum absolute atomic E-state index is 14.2. The zero-order valence-electron chi connectivity index (χ0n) is 80.2. The smallest absolute Gasteiger partial charge is 0.339 e. The molecule has 0 aliphatic heterocycles. The van der Waals surface area contributed by atoms with E-state index in [4.69, 9.17) is 28.4 Å². The summed E-state index contributed by atoms with van der Waals surface area (Å²) in [6.45, 7) is 13.2. The Morgan fingerprint density at radius 2 is 0.348 bits per heavy atom. The first kappa shape index (κ1) is 109. The number of hydrogen-bond donors (Lipinski definition) is 0. The number of carbonyl (C=O) groups is 6. The lowest BCUT2D eigenvalue weighted by molar-refractivity contribution is 0.0488. The van der Waals surface area contributed by atoms with Crippen molar-refractivity contribution in [2.75, 3.05) is 39.6 Å². The summed E-state index contributed by atoms with van der Waals surface area (Å²) in [5.74, 6) is -4.51. The average molecular weight is 1830 g/mol. The third-order valence-electron chi connectivity index (χ3n) is 22.0. The van der Waals surface area contributed by atoms with E-state index in [0.717, 1.165) is 193 Å². The van der Waals surface area contributed by atoms with Gasteiger partial charge in [-0.05, 0) is 184 Å². The molecule has 18 nitrogen and oxygen atoms in total. The van der Waals surface area contributed by atoms with Crippen LogP contribution in [0.1, 0.15) is 368 Å². The fraction of sp³-hybridized carbons (Fsp3) is 0.400. The SMILES string of the molecule is CCCCCCCCOC(=O)c1cc2c#cc#cc3cc(C(=O)OCCCCCCCC)c(C#N)c(c#cc#cc4cc(C(=O)OCCCCCCCC)cc(c#cc#cc5cc(C(=O)OCCCCCCCC)cc(c#cc#cc6cc(C(=O)OCCCCCCCC)cc(c#cc#cc7cc(C(=O)OCCCCCCCC)cc(c#cc#cc(c1)c2C#N)c7C#N)c6C#N)c5C#N)c4C#N)c3. The van der Waals surface area contributed by atoms with Crippen LogP contribution < -0.4 is 0 Å². The summed E-state index contributed by atoms with van der Waals surface area (Å²) in [4.78, 5) is 84.5. The van der Waals surface area contributed by atoms with Gasteiger partial charge < -0.3 is 28.4 Å². The summed E-state index contributed by atoms with van der Waals surface area (Å²) in [6, 6.07) is 97.2. The molecule has 0 saturated carbocycles. The Balaban J connectivity index is 1.60. The van der Waals surface area contributed by atoms with Crippen molar-refractivity contribution in [3.8, 4) is 36.4 Å². The maximum Gasteiger partial charge on any atom is 0.339 e. The molecule has 18 heteroatoms. The summed E-state index contributed by atoms with van der Waals surface area (Å²) in [5.41, 5.74) is -0.879. The molecular formula is C120H114N6O12. The van der Waals surface area contributed by atoms with E-state index in [1.54, 1.807) is 0 Å². The molecule has 0 N–H and O–H groups in total. The van der Waals surface area contributed by atoms with E-state index in [1.165, 1.54) is 72.8 Å². The van der Waals surface area contributed by atoms with Crippen molar-refractivity contribution < 1.29 is 57.2 Å². The van der Waals surface area contributed by atoms with Crippen molar-refractivity contribution in [3.63, 3.8) is 0 Å². The van der Waals surface area contributed by atoms with Crippen LogP contribution in [-0.4, -0.2) is 75.5 Å². The minimum absolute atomic E-state index is 0.000292. The van der Waals surface area contributed by atoms with Gasteiger partial charge in [-0.3, -0.25) is 0 Å². The second-order valence-electron chi connectivity index (χ2n) is 32.8. The molecule has 0 aromatic heterocycles. The number of ether oxygens (including phenoxy) is 6. The molecule has 0 saturated heterocycles. The summed E-state index contributed by atoms with van der Waals surface area (Å²) < 4.78 is 34.6. The standard InChI is InChI=1S/C120H114N6O12/c1-7-13-19-25-31-49-67-133-115(127)103-75-93-57-38-37-55-91-73-92(114(90-126)108(74-91)120(132)138-72-54-36-30-24-18-12-6)56-39-40-58-94-76-104(116(128)134-68-50-32-26-20-14-8-2)78-96(110(94)86-122)60-43-44-62-98-80-106(118(130)136-70-52-34-28-22-16-10-4)82-100(112(98)88-124)64-47-48-66-102-84-107(119(131)137-71-53-35-29-23-17-11-5)83-101(113(102)89-125)65-46-45-63-99-81-105(117(129)135-69-51-33-27-21-15-9-3)79-97(111(99)87-123)61-42-41-59-95(77-103)109(93)85-121/h73-84H,7-36,49-54,67-72H2,1-6H3. The zero-order chi connectivity index (χ0) is 99.0. The van der Waals surface area contributed by atoms with Crippen molar-refractivity contribution in [1.82, 2.24) is 0 Å². The van der Waals surface area contributed by atoms with E-state index in [9.17, 15) is 60.3 Å². The van der Waals surface area contributed by atoms with Gasteiger partial charge in [-0.2, -0.15) is 31.6 Å². The first-order chi connectivity index (χ1) is 67.5. The predicted octanol–water partition coefficient (Wildman–Crippen LogP) is 26.6. The molecule has 7 aromatic carbocycles. The van der Waals surface area contributed by atoms with Crippen molar-refractivity contribution in [2.24, 2.45) is 0 Å². The molecule has 7 aromatic rings. The van der Waals surface area contributed by atoms with Crippen molar-refractivity contribution in [3.05, 3.63) is 285 Å². The third kappa shape index (κ3) is 37.7. The van der Waals surface area contributed by atoms with Gasteiger partial charge in [-0.1, -0.05) is 307 Å². The minimum Gasteiger partial charge on any atom is -0.462 e. The van der Waals surface area contributed by atoms with E-state index in [1.807, 2.05) is 0 Å². The topological polar surface area (TPSA) is 301 Å². The molecule has 0 atom stereocenters. The minimum atomic E-state index is -0.829. The fourth-order valence-electron chi connectivity index (χ4n) is 14.4. The first-order valence-electron chi connectivity index (χ1n) is 48.2. The highest BCUT2D eigenvalue weighted by atomic mass is 16.6. The number of rotatable bonds is 48. The van der Waals surface area contributed by atoms with Crippen LogP contribution in [0.2, 0.25) is 0 Å². The monoisotopic (exact) mass is 1830 g/mol. The van der Waals surface area contributed by atoms with Gasteiger partial charge in [0.05, 0.1) is 106 Å². The van der Waals surface area contributed by atoms with E-state index in [2.05, 4.69) is 224 Å². The Morgan fingerprint density at radius 1 is 0.196 bits per heavy atom. The average Bonchev–Trinajstić information content (AvgIpc) is 0.849. The molecular weight excluding hydrogens is 1720 g/mol. The lowest BCUT2D eigenvalue weighted by Gasteiger charge is -2.07. The largest absolute Gasteiger partial charge is 0.462 e. The Morgan fingerprint density at radius 3 is 0.522 bits per heavy atom. The second kappa shape index (κ2) is 64.6. The molecule has 7 rings (SSSR count). The number of unbranched alkanes of at least 4 members (excludes halogenated alkanes) is 30. The molecule has 0 aliphatic rings. The van der Waals surface area contributed by atoms with Gasteiger partial charge in [0, 0.05) is 64.6 Å². The van der Waals surface area contributed by atoms with Crippen LogP contribution in [0.5, 0.6) is 0 Å². The second-order valence-corrected chi connectivity index (χ2v) is 32.8. The number of nitrogens with zero attached hydrogens (tertiary/aromatic N) is 6. The van der Waals surface area contributed by atoms with Crippen LogP contribution in [0.3, 0.4) is 0 Å². The Kier molecular flexibility index (Phi) is 51.0. The quantitative estimate of drug-likeness (QED) is 0.0194. The van der Waals surface area contributed by atoms with E-state index < -0.39 is 35.8 Å². The van der Waals surface area contributed by atoms with Gasteiger partial charge in [-0.15, -0.1) is 0 Å². The number of esters is 6. The van der Waals surface area contributed by atoms with Gasteiger partial charge in [0.2, 0.25) is 0 Å². The third-order valence-corrected chi connectivity index (χ3v) is 22.0. The number of benzene rings is 6. The van der Waals surface area contributed by atoms with E-state index in [-0.39, 0.29) is 171 Å². The fourth-order valence-corrected chi connectivity index (χ4v) is 14.4. The molecule has 0 aliphatic carbocycles. The normalized spacial score (nSPS) is 9.74. The molecule has 0 amide bonds. The van der Waals surface area contributed by atoms with Crippen LogP contribution in [0.15, 0.2) is 72.8 Å². The number of carbonyl (C=O) groups excluding carboxylic acids is 6. The molecule has 0 heterocycles. The maximum atomic E-state index is 14.2. The number of hydrogen-bond acceptors (Lipinski definition) is 18. The highest BCUT2D eigenvalue weighted by Gasteiger charge is 2.20. The van der Waals surface area contributed by atoms with Crippen molar-refractivity contribution in [1.29, 1.82) is 31.6 Å². The van der Waals surface area contributed by atoms with Gasteiger partial charge in [-0.25, -0.2) is 28.8 Å². The molecule has 0 spiro atoms. The van der Waals surface area contributed by atoms with Crippen molar-refractivity contribution in [2.45, 2.75) is 273 Å². The van der Waals surface area contributed by atoms with Crippen LogP contribution >= 0.6 is 0 Å². The van der Waals surface area contributed by atoms with Gasteiger partial charge in [0.1, 0.15) is 36.4 Å². The molecule has 12 bridgehead atoms. The summed E-state index contributed by atoms with van der Waals surface area (Å²) in [7, 11) is 0. The summed E-state index contributed by atoms with van der Waals surface area (Å²) in [6.07, 6.45) is 33.1. The first-order valence-corrected chi connectivity index (χ1v) is 48.2. The van der Waals surface area contributed by atoms with Crippen molar-refractivity contribution >= 4 is 100 Å². The molecule has 0 radical (unpaired) electrons. The molecule has 696 valence electrons. The van der Waals surface area contributed by atoms with Crippen LogP contribution in [0, 0.1) is 214 Å². The highest BCUT2D eigenvalue weighted by Crippen LogP contribution is 2.26. The van der Waals surface area contributed by atoms with Gasteiger partial charge >= 0.3 is 35.8 Å².